The van der Waals surface area contributed by atoms with Gasteiger partial charge in [-0.05, 0) is 30.4 Å². The first-order valence-corrected chi connectivity index (χ1v) is 10.8. The van der Waals surface area contributed by atoms with Crippen molar-refractivity contribution in [1.29, 1.82) is 0 Å². The SMILES string of the molecule is CCCCCCCCCCc1cnc(-c2ccc(C[C@@H](Cl)C(=O)O)cc2)nc1. The number of hydrogen-bond donors (Lipinski definition) is 1. The fraction of sp³-hybridized carbons (Fsp3) is 0.522. The molecule has 0 radical (unpaired) electrons. The fourth-order valence-corrected chi connectivity index (χ4v) is 3.36. The summed E-state index contributed by atoms with van der Waals surface area (Å²) in [6.07, 6.45) is 15.7. The number of carboxylic acid groups (broad SMARTS) is 1. The summed E-state index contributed by atoms with van der Waals surface area (Å²) in [7, 11) is 0. The molecule has 0 saturated heterocycles. The molecule has 5 heteroatoms. The Morgan fingerprint density at radius 3 is 2.07 bits per heavy atom. The van der Waals surface area contributed by atoms with Gasteiger partial charge in [-0.3, -0.25) is 4.79 Å². The second-order valence-electron chi connectivity index (χ2n) is 7.35. The molecule has 0 aliphatic heterocycles. The van der Waals surface area contributed by atoms with E-state index in [1.165, 1.54) is 56.9 Å². The van der Waals surface area contributed by atoms with Crippen LogP contribution in [-0.2, 0) is 17.6 Å². The number of benzene rings is 1. The van der Waals surface area contributed by atoms with E-state index in [0.29, 0.717) is 12.2 Å². The molecule has 1 N–H and O–H groups in total. The molecule has 0 amide bonds. The van der Waals surface area contributed by atoms with Crippen molar-refractivity contribution in [3.05, 3.63) is 47.8 Å². The van der Waals surface area contributed by atoms with E-state index in [0.717, 1.165) is 17.5 Å². The second kappa shape index (κ2) is 12.5. The molecular formula is C23H31ClN2O2. The zero-order valence-electron chi connectivity index (χ0n) is 16.7. The molecule has 1 atom stereocenters. The van der Waals surface area contributed by atoms with Crippen LogP contribution in [-0.4, -0.2) is 26.4 Å². The number of alkyl halides is 1. The molecule has 0 unspecified atom stereocenters. The summed E-state index contributed by atoms with van der Waals surface area (Å²) in [6, 6.07) is 7.58. The first-order valence-electron chi connectivity index (χ1n) is 10.4. The highest BCUT2D eigenvalue weighted by atomic mass is 35.5. The van der Waals surface area contributed by atoms with Crippen LogP contribution in [0.25, 0.3) is 11.4 Å². The smallest absolute Gasteiger partial charge is 0.321 e. The second-order valence-corrected chi connectivity index (χ2v) is 7.87. The Morgan fingerprint density at radius 2 is 1.50 bits per heavy atom. The van der Waals surface area contributed by atoms with Crippen molar-refractivity contribution in [1.82, 2.24) is 9.97 Å². The van der Waals surface area contributed by atoms with Crippen molar-refractivity contribution < 1.29 is 9.90 Å². The van der Waals surface area contributed by atoms with Gasteiger partial charge in [0.05, 0.1) is 0 Å². The van der Waals surface area contributed by atoms with Crippen molar-refractivity contribution in [2.24, 2.45) is 0 Å². The number of rotatable bonds is 13. The van der Waals surface area contributed by atoms with Crippen LogP contribution in [0.3, 0.4) is 0 Å². The number of aromatic nitrogens is 2. The van der Waals surface area contributed by atoms with Crippen molar-refractivity contribution in [3.8, 4) is 11.4 Å². The number of carbonyl (C=O) groups is 1. The van der Waals surface area contributed by atoms with E-state index in [4.69, 9.17) is 16.7 Å². The van der Waals surface area contributed by atoms with Crippen LogP contribution in [0, 0.1) is 0 Å². The van der Waals surface area contributed by atoms with Crippen molar-refractivity contribution in [3.63, 3.8) is 0 Å². The van der Waals surface area contributed by atoms with Crippen LogP contribution in [0.5, 0.6) is 0 Å². The van der Waals surface area contributed by atoms with Gasteiger partial charge in [-0.2, -0.15) is 0 Å². The quantitative estimate of drug-likeness (QED) is 0.326. The first kappa shape index (κ1) is 22.4. The third kappa shape index (κ3) is 7.97. The zero-order chi connectivity index (χ0) is 20.2. The Morgan fingerprint density at radius 1 is 0.929 bits per heavy atom. The van der Waals surface area contributed by atoms with E-state index in [1.54, 1.807) is 0 Å². The Hall–Kier alpha value is -1.94. The molecule has 2 rings (SSSR count). The molecule has 0 aliphatic rings. The summed E-state index contributed by atoms with van der Waals surface area (Å²) in [5.41, 5.74) is 2.99. The Kier molecular flexibility index (Phi) is 9.98. The first-order chi connectivity index (χ1) is 13.6. The van der Waals surface area contributed by atoms with E-state index in [9.17, 15) is 4.79 Å². The minimum absolute atomic E-state index is 0.301. The topological polar surface area (TPSA) is 63.1 Å². The van der Waals surface area contributed by atoms with Crippen molar-refractivity contribution in [2.75, 3.05) is 0 Å². The van der Waals surface area contributed by atoms with Gasteiger partial charge in [-0.25, -0.2) is 9.97 Å². The number of halogens is 1. The van der Waals surface area contributed by atoms with E-state index in [2.05, 4.69) is 16.9 Å². The average molecular weight is 403 g/mol. The van der Waals surface area contributed by atoms with Crippen LogP contribution in [0.4, 0.5) is 0 Å². The molecule has 1 aromatic carbocycles. The van der Waals surface area contributed by atoms with Gasteiger partial charge in [0.15, 0.2) is 5.82 Å². The molecule has 28 heavy (non-hydrogen) atoms. The van der Waals surface area contributed by atoms with Gasteiger partial charge in [-0.1, -0.05) is 76.1 Å². The molecule has 4 nitrogen and oxygen atoms in total. The average Bonchev–Trinajstić information content (AvgIpc) is 2.71. The predicted molar refractivity (Wildman–Crippen MR) is 115 cm³/mol. The van der Waals surface area contributed by atoms with Crippen LogP contribution >= 0.6 is 11.6 Å². The van der Waals surface area contributed by atoms with Gasteiger partial charge < -0.3 is 5.11 Å². The maximum atomic E-state index is 10.8. The van der Waals surface area contributed by atoms with Crippen LogP contribution in [0.2, 0.25) is 0 Å². The maximum Gasteiger partial charge on any atom is 0.321 e. The maximum absolute atomic E-state index is 10.8. The van der Waals surface area contributed by atoms with Crippen LogP contribution in [0.1, 0.15) is 69.4 Å². The summed E-state index contributed by atoms with van der Waals surface area (Å²) in [4.78, 5) is 19.8. The normalized spacial score (nSPS) is 12.1. The zero-order valence-corrected chi connectivity index (χ0v) is 17.5. The lowest BCUT2D eigenvalue weighted by Crippen LogP contribution is -2.15. The standard InChI is InChI=1S/C23H31ClN2O2/c1-2-3-4-5-6-7-8-9-10-19-16-25-22(26-17-19)20-13-11-18(12-14-20)15-21(24)23(27)28/h11-14,16-17,21H,2-10,15H2,1H3,(H,27,28)/t21-/m1/s1. The largest absolute Gasteiger partial charge is 0.480 e. The summed E-state index contributed by atoms with van der Waals surface area (Å²) < 4.78 is 0. The molecule has 0 fully saturated rings. The van der Waals surface area contributed by atoms with Gasteiger partial charge in [0, 0.05) is 18.0 Å². The molecule has 2 aromatic rings. The van der Waals surface area contributed by atoms with Gasteiger partial charge in [0.2, 0.25) is 0 Å². The Balaban J connectivity index is 1.75. The third-order valence-corrected chi connectivity index (χ3v) is 5.26. The summed E-state index contributed by atoms with van der Waals surface area (Å²) in [6.45, 7) is 2.25. The molecule has 0 aliphatic carbocycles. The van der Waals surface area contributed by atoms with E-state index in [1.807, 2.05) is 36.7 Å². The highest BCUT2D eigenvalue weighted by Crippen LogP contribution is 2.18. The number of aliphatic carboxylic acids is 1. The molecule has 152 valence electrons. The van der Waals surface area contributed by atoms with Gasteiger partial charge in [-0.15, -0.1) is 11.6 Å². The van der Waals surface area contributed by atoms with Crippen LogP contribution in [0.15, 0.2) is 36.7 Å². The molecule has 1 aromatic heterocycles. The predicted octanol–water partition coefficient (Wildman–Crippen LogP) is 6.06. The van der Waals surface area contributed by atoms with Gasteiger partial charge in [0.1, 0.15) is 5.38 Å². The third-order valence-electron chi connectivity index (χ3n) is 4.92. The number of hydrogen-bond acceptors (Lipinski definition) is 3. The highest BCUT2D eigenvalue weighted by molar-refractivity contribution is 6.29. The lowest BCUT2D eigenvalue weighted by Gasteiger charge is -2.06. The summed E-state index contributed by atoms with van der Waals surface area (Å²) >= 11 is 5.79. The van der Waals surface area contributed by atoms with Crippen molar-refractivity contribution >= 4 is 17.6 Å². The Bertz CT molecular complexity index is 702. The lowest BCUT2D eigenvalue weighted by molar-refractivity contribution is -0.136. The van der Waals surface area contributed by atoms with E-state index < -0.39 is 11.3 Å². The summed E-state index contributed by atoms with van der Waals surface area (Å²) in [5, 5.41) is 7.98. The molecule has 0 spiro atoms. The van der Waals surface area contributed by atoms with E-state index >= 15 is 0 Å². The number of carboxylic acids is 1. The Labute approximate surface area is 173 Å². The number of aryl methyl sites for hydroxylation is 1. The molecule has 0 bridgehead atoms. The summed E-state index contributed by atoms with van der Waals surface area (Å²) in [5.74, 6) is -0.312. The molecular weight excluding hydrogens is 372 g/mol. The number of unbranched alkanes of at least 4 members (excludes halogenated alkanes) is 7. The van der Waals surface area contributed by atoms with Gasteiger partial charge >= 0.3 is 5.97 Å². The van der Waals surface area contributed by atoms with E-state index in [-0.39, 0.29) is 0 Å². The van der Waals surface area contributed by atoms with Crippen LogP contribution < -0.4 is 0 Å². The minimum Gasteiger partial charge on any atom is -0.480 e. The highest BCUT2D eigenvalue weighted by Gasteiger charge is 2.14. The fourth-order valence-electron chi connectivity index (χ4n) is 3.18. The minimum atomic E-state index is -0.999. The number of nitrogens with zero attached hydrogens (tertiary/aromatic N) is 2. The van der Waals surface area contributed by atoms with Gasteiger partial charge in [0.25, 0.3) is 0 Å². The lowest BCUT2D eigenvalue weighted by atomic mass is 10.1. The molecule has 0 saturated carbocycles. The van der Waals surface area contributed by atoms with Crippen molar-refractivity contribution in [2.45, 2.75) is 76.5 Å². The molecule has 1 heterocycles. The monoisotopic (exact) mass is 402 g/mol.